The molecular formula is C25H17N5O4S. The first-order valence-corrected chi connectivity index (χ1v) is 11.2. The number of rotatable bonds is 5. The molecule has 0 atom stereocenters. The average Bonchev–Trinajstić information content (AvgIpc) is 3.32. The van der Waals surface area contributed by atoms with Crippen LogP contribution in [0.3, 0.4) is 0 Å². The number of benzene rings is 2. The van der Waals surface area contributed by atoms with Crippen molar-refractivity contribution in [1.82, 2.24) is 9.99 Å². The molecule has 3 heterocycles. The van der Waals surface area contributed by atoms with Gasteiger partial charge in [-0.15, -0.1) is 0 Å². The summed E-state index contributed by atoms with van der Waals surface area (Å²) in [7, 11) is 1.52. The van der Waals surface area contributed by atoms with Crippen molar-refractivity contribution < 1.29 is 19.1 Å². The number of thioether (sulfide) groups is 1. The molecule has 2 aliphatic heterocycles. The maximum absolute atomic E-state index is 12.6. The Morgan fingerprint density at radius 2 is 1.91 bits per heavy atom. The molecule has 9 nitrogen and oxygen atoms in total. The van der Waals surface area contributed by atoms with Gasteiger partial charge in [-0.25, -0.2) is 4.79 Å². The van der Waals surface area contributed by atoms with Crippen molar-refractivity contribution in [2.45, 2.75) is 0 Å². The fourth-order valence-electron chi connectivity index (χ4n) is 3.31. The van der Waals surface area contributed by atoms with Crippen molar-refractivity contribution in [1.29, 1.82) is 5.41 Å². The molecule has 1 N–H and O–H groups in total. The number of nitrogens with one attached hydrogen (secondary N) is 1. The van der Waals surface area contributed by atoms with Gasteiger partial charge >= 0.3 is 5.97 Å². The minimum absolute atomic E-state index is 0.0695. The summed E-state index contributed by atoms with van der Waals surface area (Å²) in [6.07, 6.45) is 4.88. The van der Waals surface area contributed by atoms with Crippen molar-refractivity contribution in [3.8, 4) is 11.5 Å². The Labute approximate surface area is 204 Å². The van der Waals surface area contributed by atoms with E-state index in [-0.39, 0.29) is 11.4 Å². The lowest BCUT2D eigenvalue weighted by molar-refractivity contribution is -0.114. The third-order valence-corrected chi connectivity index (χ3v) is 6.03. The Morgan fingerprint density at radius 3 is 2.66 bits per heavy atom. The molecule has 10 heteroatoms. The van der Waals surface area contributed by atoms with E-state index < -0.39 is 11.9 Å². The molecule has 0 aliphatic carbocycles. The molecule has 0 unspecified atom stereocenters. The molecular weight excluding hydrogens is 466 g/mol. The number of hydrazone groups is 1. The Balaban J connectivity index is 1.32. The van der Waals surface area contributed by atoms with E-state index >= 15 is 0 Å². The van der Waals surface area contributed by atoms with Gasteiger partial charge < -0.3 is 9.47 Å². The number of nitrogens with zero attached hydrogens (tertiary/aromatic N) is 4. The highest BCUT2D eigenvalue weighted by Crippen LogP contribution is 2.30. The fraction of sp³-hybridized carbons (Fsp3) is 0.0400. The molecule has 0 radical (unpaired) electrons. The molecule has 2 aliphatic rings. The van der Waals surface area contributed by atoms with Crippen molar-refractivity contribution >= 4 is 45.8 Å². The summed E-state index contributed by atoms with van der Waals surface area (Å²) >= 11 is 1.21. The summed E-state index contributed by atoms with van der Waals surface area (Å²) in [6.45, 7) is 0. The van der Waals surface area contributed by atoms with Crippen LogP contribution < -0.4 is 9.47 Å². The van der Waals surface area contributed by atoms with E-state index in [0.717, 1.165) is 5.56 Å². The largest absolute Gasteiger partial charge is 0.497 e. The molecule has 0 spiro atoms. The minimum atomic E-state index is -0.523. The van der Waals surface area contributed by atoms with Crippen LogP contribution in [-0.4, -0.2) is 45.0 Å². The number of carbonyl (C=O) groups is 2. The van der Waals surface area contributed by atoms with Gasteiger partial charge in [-0.2, -0.15) is 15.1 Å². The minimum Gasteiger partial charge on any atom is -0.497 e. The lowest BCUT2D eigenvalue weighted by atomic mass is 10.1. The number of esters is 1. The van der Waals surface area contributed by atoms with Gasteiger partial charge in [0.1, 0.15) is 16.5 Å². The number of pyridine rings is 1. The zero-order valence-electron chi connectivity index (χ0n) is 18.3. The first-order valence-electron chi connectivity index (χ1n) is 10.4. The highest BCUT2D eigenvalue weighted by atomic mass is 32.2. The van der Waals surface area contributed by atoms with Crippen LogP contribution in [0.2, 0.25) is 0 Å². The van der Waals surface area contributed by atoms with Gasteiger partial charge in [-0.05, 0) is 65.9 Å². The molecule has 35 heavy (non-hydrogen) atoms. The van der Waals surface area contributed by atoms with Crippen LogP contribution in [0.15, 0.2) is 88.7 Å². The molecule has 0 fully saturated rings. The van der Waals surface area contributed by atoms with Gasteiger partial charge in [0.05, 0.1) is 18.2 Å². The molecule has 1 amide bonds. The Kier molecular flexibility index (Phi) is 5.94. The molecule has 2 aromatic carbocycles. The maximum Gasteiger partial charge on any atom is 0.343 e. The second kappa shape index (κ2) is 9.35. The van der Waals surface area contributed by atoms with Crippen LogP contribution in [-0.2, 0) is 4.79 Å². The number of aromatic nitrogens is 1. The molecule has 5 rings (SSSR count). The number of aliphatic imine (C=N–C) groups is 1. The SMILES string of the molecule is COc1cccc(C(=O)Oc2ccc(/C=C3/C(=N)N4N=C(c5cccnc5)SC4=NC3=O)cc2)c1. The standard InChI is InChI=1S/C25H17N5O4S/c1-33-19-6-2-4-16(13-19)24(32)34-18-9-7-15(8-10-18)12-20-21(26)30-25(28-22(20)31)35-23(29-30)17-5-3-11-27-14-17/h2-14,26H,1H3/b20-12-,26-21?. The van der Waals surface area contributed by atoms with Gasteiger partial charge in [0.25, 0.3) is 5.91 Å². The van der Waals surface area contributed by atoms with Crippen molar-refractivity contribution in [2.75, 3.05) is 7.11 Å². The third kappa shape index (κ3) is 4.59. The number of amidine groups is 2. The third-order valence-electron chi connectivity index (χ3n) is 5.07. The Morgan fingerprint density at radius 1 is 1.09 bits per heavy atom. The predicted octanol–water partition coefficient (Wildman–Crippen LogP) is 3.98. The topological polar surface area (TPSA) is 117 Å². The van der Waals surface area contributed by atoms with Gasteiger partial charge in [0.15, 0.2) is 5.84 Å². The zero-order valence-corrected chi connectivity index (χ0v) is 19.2. The lowest BCUT2D eigenvalue weighted by Crippen LogP contribution is -2.35. The smallest absolute Gasteiger partial charge is 0.343 e. The van der Waals surface area contributed by atoms with E-state index in [1.807, 2.05) is 6.07 Å². The highest BCUT2D eigenvalue weighted by molar-refractivity contribution is 8.27. The van der Waals surface area contributed by atoms with E-state index in [1.54, 1.807) is 73.1 Å². The van der Waals surface area contributed by atoms with Crippen LogP contribution >= 0.6 is 11.8 Å². The summed E-state index contributed by atoms with van der Waals surface area (Å²) in [6, 6.07) is 16.9. The number of fused-ring (bicyclic) bond motifs is 1. The number of hydrogen-bond acceptors (Lipinski definition) is 8. The quantitative estimate of drug-likeness (QED) is 0.331. The fourth-order valence-corrected chi connectivity index (χ4v) is 4.19. The average molecular weight is 484 g/mol. The molecule has 172 valence electrons. The van der Waals surface area contributed by atoms with E-state index in [4.69, 9.17) is 14.9 Å². The summed E-state index contributed by atoms with van der Waals surface area (Å²) < 4.78 is 10.5. The van der Waals surface area contributed by atoms with E-state index in [9.17, 15) is 9.59 Å². The van der Waals surface area contributed by atoms with Crippen LogP contribution in [0.5, 0.6) is 11.5 Å². The van der Waals surface area contributed by atoms with E-state index in [0.29, 0.717) is 32.8 Å². The van der Waals surface area contributed by atoms with Crippen LogP contribution in [0.1, 0.15) is 21.5 Å². The molecule has 0 saturated heterocycles. The van der Waals surface area contributed by atoms with Gasteiger partial charge in [-0.1, -0.05) is 18.2 Å². The molecule has 0 saturated carbocycles. The van der Waals surface area contributed by atoms with Crippen LogP contribution in [0.25, 0.3) is 6.08 Å². The van der Waals surface area contributed by atoms with E-state index in [1.165, 1.54) is 23.9 Å². The van der Waals surface area contributed by atoms with Crippen molar-refractivity contribution in [2.24, 2.45) is 10.1 Å². The summed E-state index contributed by atoms with van der Waals surface area (Å²) in [5, 5.41) is 15.2. The van der Waals surface area contributed by atoms with Gasteiger partial charge in [-0.3, -0.25) is 15.2 Å². The number of ether oxygens (including phenoxy) is 2. The van der Waals surface area contributed by atoms with Gasteiger partial charge in [0.2, 0.25) is 5.17 Å². The number of amides is 1. The normalized spacial score (nSPS) is 16.0. The number of carbonyl (C=O) groups excluding carboxylic acids is 2. The second-order valence-corrected chi connectivity index (χ2v) is 8.31. The lowest BCUT2D eigenvalue weighted by Gasteiger charge is -2.20. The first kappa shape index (κ1) is 22.2. The second-order valence-electron chi connectivity index (χ2n) is 7.36. The van der Waals surface area contributed by atoms with Crippen molar-refractivity contribution in [3.63, 3.8) is 0 Å². The summed E-state index contributed by atoms with van der Waals surface area (Å²) in [4.78, 5) is 33.2. The maximum atomic E-state index is 12.6. The molecule has 0 bridgehead atoms. The number of hydrogen-bond donors (Lipinski definition) is 1. The Bertz CT molecular complexity index is 1430. The zero-order chi connectivity index (χ0) is 24.4. The first-order chi connectivity index (χ1) is 17.0. The molecule has 3 aromatic rings. The Hall–Kier alpha value is -4.57. The summed E-state index contributed by atoms with van der Waals surface area (Å²) in [5.74, 6) is -0.216. The van der Waals surface area contributed by atoms with Crippen LogP contribution in [0.4, 0.5) is 0 Å². The monoisotopic (exact) mass is 483 g/mol. The molecule has 1 aromatic heterocycles. The van der Waals surface area contributed by atoms with Crippen molar-refractivity contribution in [3.05, 3.63) is 95.3 Å². The van der Waals surface area contributed by atoms with E-state index in [2.05, 4.69) is 15.1 Å². The predicted molar refractivity (Wildman–Crippen MR) is 133 cm³/mol. The van der Waals surface area contributed by atoms with Gasteiger partial charge in [0, 0.05) is 18.0 Å². The van der Waals surface area contributed by atoms with Crippen LogP contribution in [0, 0.1) is 5.41 Å². The highest BCUT2D eigenvalue weighted by Gasteiger charge is 2.36. The summed E-state index contributed by atoms with van der Waals surface area (Å²) in [5.41, 5.74) is 1.88. The number of methoxy groups -OCH3 is 1.